The largest absolute Gasteiger partial charge is 0.494 e. The van der Waals surface area contributed by atoms with E-state index in [1.807, 2.05) is 42.7 Å². The zero-order chi connectivity index (χ0) is 20.8. The van der Waals surface area contributed by atoms with Crippen LogP contribution in [0.5, 0.6) is 5.75 Å². The molecule has 1 N–H and O–H groups in total. The third-order valence-corrected chi connectivity index (χ3v) is 5.51. The Labute approximate surface area is 183 Å². The van der Waals surface area contributed by atoms with Crippen molar-refractivity contribution in [2.24, 2.45) is 0 Å². The lowest BCUT2D eigenvalue weighted by Crippen LogP contribution is -2.15. The SMILES string of the molecule is CCOc1ccc(-c2nnc(SCC(=O)Nc3ccc(Cl)cc3Cl)n2CC)cc1. The quantitative estimate of drug-likeness (QED) is 0.465. The van der Waals surface area contributed by atoms with Crippen molar-refractivity contribution in [1.82, 2.24) is 14.8 Å². The maximum Gasteiger partial charge on any atom is 0.234 e. The molecule has 0 unspecified atom stereocenters. The number of carbonyl (C=O) groups excluding carboxylic acids is 1. The van der Waals surface area contributed by atoms with Gasteiger partial charge in [-0.3, -0.25) is 4.79 Å². The van der Waals surface area contributed by atoms with Crippen LogP contribution < -0.4 is 10.1 Å². The number of carbonyl (C=O) groups is 1. The summed E-state index contributed by atoms with van der Waals surface area (Å²) < 4.78 is 7.45. The Bertz CT molecular complexity index is 993. The number of aromatic nitrogens is 3. The van der Waals surface area contributed by atoms with Gasteiger partial charge in [0.1, 0.15) is 5.75 Å². The first kappa shape index (κ1) is 21.5. The van der Waals surface area contributed by atoms with Crippen molar-refractivity contribution in [2.75, 3.05) is 17.7 Å². The molecule has 0 spiro atoms. The van der Waals surface area contributed by atoms with E-state index < -0.39 is 0 Å². The van der Waals surface area contributed by atoms with Gasteiger partial charge in [0.15, 0.2) is 11.0 Å². The summed E-state index contributed by atoms with van der Waals surface area (Å²) in [5, 5.41) is 12.9. The topological polar surface area (TPSA) is 69.0 Å². The molecule has 0 aliphatic rings. The maximum absolute atomic E-state index is 12.3. The highest BCUT2D eigenvalue weighted by atomic mass is 35.5. The normalized spacial score (nSPS) is 10.8. The van der Waals surface area contributed by atoms with Gasteiger partial charge in [0, 0.05) is 17.1 Å². The van der Waals surface area contributed by atoms with Crippen molar-refractivity contribution in [3.8, 4) is 17.1 Å². The molecule has 9 heteroatoms. The van der Waals surface area contributed by atoms with Gasteiger partial charge in [-0.15, -0.1) is 10.2 Å². The van der Waals surface area contributed by atoms with Crippen LogP contribution in [0.3, 0.4) is 0 Å². The van der Waals surface area contributed by atoms with Gasteiger partial charge >= 0.3 is 0 Å². The first-order valence-electron chi connectivity index (χ1n) is 9.06. The average molecular weight is 451 g/mol. The molecule has 2 aromatic carbocycles. The first-order valence-corrected chi connectivity index (χ1v) is 10.8. The summed E-state index contributed by atoms with van der Waals surface area (Å²) in [5.41, 5.74) is 1.46. The van der Waals surface area contributed by atoms with Crippen molar-refractivity contribution in [3.05, 3.63) is 52.5 Å². The third kappa shape index (κ3) is 5.44. The van der Waals surface area contributed by atoms with Crippen LogP contribution in [0, 0.1) is 0 Å². The Morgan fingerprint density at radius 3 is 2.55 bits per heavy atom. The Balaban J connectivity index is 1.67. The third-order valence-electron chi connectivity index (χ3n) is 3.99. The van der Waals surface area contributed by atoms with Gasteiger partial charge in [0.2, 0.25) is 5.91 Å². The second-order valence-electron chi connectivity index (χ2n) is 5.97. The molecule has 3 rings (SSSR count). The van der Waals surface area contributed by atoms with Crippen molar-refractivity contribution in [2.45, 2.75) is 25.5 Å². The van der Waals surface area contributed by atoms with Crippen LogP contribution in [0.4, 0.5) is 5.69 Å². The van der Waals surface area contributed by atoms with Gasteiger partial charge < -0.3 is 14.6 Å². The number of anilines is 1. The molecule has 6 nitrogen and oxygen atoms in total. The molecule has 0 aliphatic heterocycles. The number of hydrogen-bond donors (Lipinski definition) is 1. The zero-order valence-corrected chi connectivity index (χ0v) is 18.3. The summed E-state index contributed by atoms with van der Waals surface area (Å²) in [4.78, 5) is 12.3. The molecule has 29 heavy (non-hydrogen) atoms. The molecule has 0 radical (unpaired) electrons. The van der Waals surface area contributed by atoms with Crippen LogP contribution in [0.2, 0.25) is 10.0 Å². The molecule has 1 heterocycles. The minimum atomic E-state index is -0.188. The molecule has 1 aromatic heterocycles. The number of nitrogens with zero attached hydrogens (tertiary/aromatic N) is 3. The van der Waals surface area contributed by atoms with Gasteiger partial charge in [0.25, 0.3) is 0 Å². The standard InChI is InChI=1S/C20H20Cl2N4O2S/c1-3-26-19(13-5-8-15(9-6-13)28-4-2)24-25-20(26)29-12-18(27)23-17-10-7-14(21)11-16(17)22/h5-11H,3-4,12H2,1-2H3,(H,23,27). The average Bonchev–Trinajstić information content (AvgIpc) is 3.12. The number of amides is 1. The number of ether oxygens (including phenoxy) is 1. The molecule has 0 fully saturated rings. The first-order chi connectivity index (χ1) is 14.0. The lowest BCUT2D eigenvalue weighted by Gasteiger charge is -2.09. The lowest BCUT2D eigenvalue weighted by atomic mass is 10.2. The van der Waals surface area contributed by atoms with Crippen LogP contribution in [0.1, 0.15) is 13.8 Å². The molecule has 152 valence electrons. The summed E-state index contributed by atoms with van der Waals surface area (Å²) >= 11 is 13.3. The maximum atomic E-state index is 12.3. The van der Waals surface area contributed by atoms with Gasteiger partial charge in [-0.25, -0.2) is 0 Å². The van der Waals surface area contributed by atoms with E-state index in [4.69, 9.17) is 27.9 Å². The molecular formula is C20H20Cl2N4O2S. The fourth-order valence-corrected chi connectivity index (χ4v) is 3.93. The van der Waals surface area contributed by atoms with Gasteiger partial charge in [0.05, 0.1) is 23.1 Å². The Morgan fingerprint density at radius 1 is 1.14 bits per heavy atom. The fourth-order valence-electron chi connectivity index (χ4n) is 2.67. The van der Waals surface area contributed by atoms with Gasteiger partial charge in [-0.1, -0.05) is 35.0 Å². The molecule has 3 aromatic rings. The summed E-state index contributed by atoms with van der Waals surface area (Å²) in [7, 11) is 0. The summed E-state index contributed by atoms with van der Waals surface area (Å²) in [6, 6.07) is 12.6. The van der Waals surface area contributed by atoms with Gasteiger partial charge in [-0.2, -0.15) is 0 Å². The summed E-state index contributed by atoms with van der Waals surface area (Å²) in [6.45, 7) is 5.26. The summed E-state index contributed by atoms with van der Waals surface area (Å²) in [6.07, 6.45) is 0. The van der Waals surface area contributed by atoms with Crippen molar-refractivity contribution in [3.63, 3.8) is 0 Å². The van der Waals surface area contributed by atoms with E-state index in [1.54, 1.807) is 18.2 Å². The van der Waals surface area contributed by atoms with E-state index in [0.29, 0.717) is 34.0 Å². The smallest absolute Gasteiger partial charge is 0.234 e. The number of halogens is 2. The van der Waals surface area contributed by atoms with Crippen LogP contribution in [-0.2, 0) is 11.3 Å². The van der Waals surface area contributed by atoms with E-state index in [2.05, 4.69) is 15.5 Å². The van der Waals surface area contributed by atoms with E-state index >= 15 is 0 Å². The van der Waals surface area contributed by atoms with E-state index in [-0.39, 0.29) is 11.7 Å². The highest BCUT2D eigenvalue weighted by Gasteiger charge is 2.15. The molecular weight excluding hydrogens is 431 g/mol. The fraction of sp³-hybridized carbons (Fsp3) is 0.250. The molecule has 0 saturated heterocycles. The Hall–Kier alpha value is -2.22. The molecule has 0 aliphatic carbocycles. The van der Waals surface area contributed by atoms with Crippen LogP contribution in [-0.4, -0.2) is 33.0 Å². The highest BCUT2D eigenvalue weighted by Crippen LogP contribution is 2.27. The Morgan fingerprint density at radius 2 is 1.90 bits per heavy atom. The molecule has 0 atom stereocenters. The molecule has 0 bridgehead atoms. The number of benzene rings is 2. The highest BCUT2D eigenvalue weighted by molar-refractivity contribution is 7.99. The van der Waals surface area contributed by atoms with Crippen LogP contribution >= 0.6 is 35.0 Å². The second-order valence-corrected chi connectivity index (χ2v) is 7.75. The second kappa shape index (κ2) is 10.0. The van der Waals surface area contributed by atoms with E-state index in [1.165, 1.54) is 11.8 Å². The van der Waals surface area contributed by atoms with Crippen LogP contribution in [0.15, 0.2) is 47.6 Å². The lowest BCUT2D eigenvalue weighted by molar-refractivity contribution is -0.113. The summed E-state index contributed by atoms with van der Waals surface area (Å²) in [5.74, 6) is 1.55. The van der Waals surface area contributed by atoms with Gasteiger partial charge in [-0.05, 0) is 56.3 Å². The monoisotopic (exact) mass is 450 g/mol. The van der Waals surface area contributed by atoms with Crippen LogP contribution in [0.25, 0.3) is 11.4 Å². The Kier molecular flexibility index (Phi) is 7.41. The molecule has 0 saturated carbocycles. The molecule has 1 amide bonds. The van der Waals surface area contributed by atoms with Crippen molar-refractivity contribution < 1.29 is 9.53 Å². The van der Waals surface area contributed by atoms with Crippen molar-refractivity contribution >= 4 is 46.6 Å². The van der Waals surface area contributed by atoms with Crippen molar-refractivity contribution in [1.29, 1.82) is 0 Å². The number of nitrogens with one attached hydrogen (secondary N) is 1. The predicted octanol–water partition coefficient (Wildman–Crippen LogP) is 5.40. The number of thioether (sulfide) groups is 1. The minimum absolute atomic E-state index is 0.181. The predicted molar refractivity (Wildman–Crippen MR) is 118 cm³/mol. The number of rotatable bonds is 8. The van der Waals surface area contributed by atoms with E-state index in [0.717, 1.165) is 17.1 Å². The van der Waals surface area contributed by atoms with E-state index in [9.17, 15) is 4.79 Å². The number of hydrogen-bond acceptors (Lipinski definition) is 5. The zero-order valence-electron chi connectivity index (χ0n) is 16.0. The minimum Gasteiger partial charge on any atom is -0.494 e.